The Morgan fingerprint density at radius 3 is 2.69 bits per heavy atom. The number of carbonyl (C=O) groups excluding carboxylic acids is 1. The molecule has 5 rings (SSSR count). The van der Waals surface area contributed by atoms with Gasteiger partial charge in [0.05, 0.1) is 0 Å². The molecule has 4 aromatic rings. The largest absolute Gasteiger partial charge is 0.457 e. The molecule has 1 aliphatic rings. The Hall–Kier alpha value is -3.55. The quantitative estimate of drug-likeness (QED) is 0.358. The zero-order chi connectivity index (χ0) is 23.5. The van der Waals surface area contributed by atoms with Gasteiger partial charge in [-0.3, -0.25) is 4.79 Å². The standard InChI is InChI=1S/C27H28N4O3.ClH/c1-30-14-13-19(17-30)18-31(2)27-29-24-16-21(11-12-25(24)34-27)28-26(32)20-7-6-10-23(15-20)33-22-8-4-3-5-9-22;/h3-12,15-16,19H,13-14,17-18H2,1-2H3,(H,28,32);1H. The fourth-order valence-corrected chi connectivity index (χ4v) is 4.33. The molecule has 182 valence electrons. The van der Waals surface area contributed by atoms with Gasteiger partial charge in [0.1, 0.15) is 17.0 Å². The number of ether oxygens (including phenoxy) is 1. The predicted molar refractivity (Wildman–Crippen MR) is 141 cm³/mol. The zero-order valence-corrected chi connectivity index (χ0v) is 20.6. The van der Waals surface area contributed by atoms with Gasteiger partial charge in [0.15, 0.2) is 5.58 Å². The van der Waals surface area contributed by atoms with Crippen LogP contribution in [0, 0.1) is 5.92 Å². The summed E-state index contributed by atoms with van der Waals surface area (Å²) in [4.78, 5) is 21.9. The smallest absolute Gasteiger partial charge is 0.298 e. The second kappa shape index (κ2) is 10.8. The minimum atomic E-state index is -0.218. The molecule has 1 saturated heterocycles. The Morgan fingerprint density at radius 1 is 1.11 bits per heavy atom. The number of amides is 1. The molecule has 1 unspecified atom stereocenters. The number of nitrogens with one attached hydrogen (secondary N) is 1. The topological polar surface area (TPSA) is 70.8 Å². The first-order chi connectivity index (χ1) is 16.5. The van der Waals surface area contributed by atoms with Crippen LogP contribution in [0.3, 0.4) is 0 Å². The third kappa shape index (κ3) is 5.93. The Morgan fingerprint density at radius 2 is 1.91 bits per heavy atom. The molecule has 0 aliphatic carbocycles. The minimum absolute atomic E-state index is 0. The van der Waals surface area contributed by atoms with Crippen molar-refractivity contribution in [1.29, 1.82) is 0 Å². The fraction of sp³-hybridized carbons (Fsp3) is 0.259. The van der Waals surface area contributed by atoms with Gasteiger partial charge in [-0.15, -0.1) is 12.4 Å². The Balaban J connectivity index is 0.00000289. The van der Waals surface area contributed by atoms with E-state index < -0.39 is 0 Å². The van der Waals surface area contributed by atoms with Crippen LogP contribution in [0.25, 0.3) is 11.1 Å². The first-order valence-corrected chi connectivity index (χ1v) is 11.5. The number of oxazole rings is 1. The molecule has 1 aliphatic heterocycles. The number of carbonyl (C=O) groups is 1. The van der Waals surface area contributed by atoms with Gasteiger partial charge in [-0.05, 0) is 74.5 Å². The Labute approximate surface area is 211 Å². The van der Waals surface area contributed by atoms with Gasteiger partial charge >= 0.3 is 0 Å². The van der Waals surface area contributed by atoms with Crippen LogP contribution in [0.15, 0.2) is 77.2 Å². The number of halogens is 1. The third-order valence-corrected chi connectivity index (χ3v) is 6.06. The number of aromatic nitrogens is 1. The van der Waals surface area contributed by atoms with E-state index in [-0.39, 0.29) is 18.3 Å². The minimum Gasteiger partial charge on any atom is -0.457 e. The van der Waals surface area contributed by atoms with Crippen molar-refractivity contribution in [3.05, 3.63) is 78.4 Å². The highest BCUT2D eigenvalue weighted by molar-refractivity contribution is 6.05. The third-order valence-electron chi connectivity index (χ3n) is 6.06. The van der Waals surface area contributed by atoms with Crippen LogP contribution in [0.2, 0.25) is 0 Å². The van der Waals surface area contributed by atoms with E-state index in [1.165, 1.54) is 6.42 Å². The van der Waals surface area contributed by atoms with E-state index in [0.717, 1.165) is 25.4 Å². The van der Waals surface area contributed by atoms with E-state index in [0.29, 0.717) is 40.0 Å². The lowest BCUT2D eigenvalue weighted by molar-refractivity contribution is 0.102. The summed E-state index contributed by atoms with van der Waals surface area (Å²) < 4.78 is 11.8. The highest BCUT2D eigenvalue weighted by Gasteiger charge is 2.22. The molecular formula is C27H29ClN4O3. The summed E-state index contributed by atoms with van der Waals surface area (Å²) in [6, 6.07) is 22.7. The number of likely N-dealkylation sites (tertiary alicyclic amines) is 1. The molecule has 0 spiro atoms. The van der Waals surface area contributed by atoms with Crippen LogP contribution in [-0.2, 0) is 0 Å². The molecule has 35 heavy (non-hydrogen) atoms. The van der Waals surface area contributed by atoms with Crippen molar-refractivity contribution >= 4 is 41.1 Å². The number of fused-ring (bicyclic) bond motifs is 1. The number of rotatable bonds is 7. The molecule has 3 aromatic carbocycles. The summed E-state index contributed by atoms with van der Waals surface area (Å²) in [5.41, 5.74) is 2.58. The maximum atomic E-state index is 12.9. The summed E-state index contributed by atoms with van der Waals surface area (Å²) in [5.74, 6) is 1.72. The number of hydrogen-bond acceptors (Lipinski definition) is 6. The molecule has 2 heterocycles. The fourth-order valence-electron chi connectivity index (χ4n) is 4.33. The first-order valence-electron chi connectivity index (χ1n) is 11.5. The van der Waals surface area contributed by atoms with Crippen molar-refractivity contribution in [2.45, 2.75) is 6.42 Å². The highest BCUT2D eigenvalue weighted by atomic mass is 35.5. The van der Waals surface area contributed by atoms with Crippen molar-refractivity contribution in [3.63, 3.8) is 0 Å². The summed E-state index contributed by atoms with van der Waals surface area (Å²) in [6.07, 6.45) is 1.19. The average molecular weight is 493 g/mol. The van der Waals surface area contributed by atoms with E-state index in [1.54, 1.807) is 18.2 Å². The second-order valence-corrected chi connectivity index (χ2v) is 8.87. The van der Waals surface area contributed by atoms with Crippen molar-refractivity contribution < 1.29 is 13.9 Å². The number of benzene rings is 3. The lowest BCUT2D eigenvalue weighted by Gasteiger charge is -2.18. The van der Waals surface area contributed by atoms with Gasteiger partial charge in [-0.25, -0.2) is 0 Å². The number of nitrogens with zero attached hydrogens (tertiary/aromatic N) is 3. The van der Waals surface area contributed by atoms with Gasteiger partial charge in [-0.2, -0.15) is 4.98 Å². The maximum absolute atomic E-state index is 12.9. The lowest BCUT2D eigenvalue weighted by atomic mass is 10.1. The van der Waals surface area contributed by atoms with Crippen molar-refractivity contribution in [3.8, 4) is 11.5 Å². The van der Waals surface area contributed by atoms with E-state index >= 15 is 0 Å². The number of hydrogen-bond donors (Lipinski definition) is 1. The average Bonchev–Trinajstić information content (AvgIpc) is 3.45. The monoisotopic (exact) mass is 492 g/mol. The molecular weight excluding hydrogens is 464 g/mol. The maximum Gasteiger partial charge on any atom is 0.298 e. The van der Waals surface area contributed by atoms with E-state index in [1.807, 2.05) is 61.6 Å². The summed E-state index contributed by atoms with van der Waals surface area (Å²) >= 11 is 0. The normalized spacial score (nSPS) is 15.5. The van der Waals surface area contributed by atoms with Gasteiger partial charge in [0.2, 0.25) is 0 Å². The number of para-hydroxylation sites is 1. The van der Waals surface area contributed by atoms with Crippen LogP contribution in [0.1, 0.15) is 16.8 Å². The zero-order valence-electron chi connectivity index (χ0n) is 19.8. The summed E-state index contributed by atoms with van der Waals surface area (Å²) in [7, 11) is 4.16. The van der Waals surface area contributed by atoms with Gasteiger partial charge in [-0.1, -0.05) is 24.3 Å². The van der Waals surface area contributed by atoms with Crippen LogP contribution in [-0.4, -0.2) is 49.5 Å². The molecule has 0 saturated carbocycles. The molecule has 1 aromatic heterocycles. The first kappa shape index (κ1) is 24.6. The molecule has 1 atom stereocenters. The van der Waals surface area contributed by atoms with Gasteiger partial charge in [0, 0.05) is 31.4 Å². The lowest BCUT2D eigenvalue weighted by Crippen LogP contribution is -2.27. The van der Waals surface area contributed by atoms with Crippen LogP contribution in [0.5, 0.6) is 11.5 Å². The molecule has 1 fully saturated rings. The molecule has 0 radical (unpaired) electrons. The van der Waals surface area contributed by atoms with Crippen molar-refractivity contribution in [2.75, 3.05) is 43.9 Å². The van der Waals surface area contributed by atoms with Gasteiger partial charge in [0.25, 0.3) is 11.9 Å². The van der Waals surface area contributed by atoms with Crippen molar-refractivity contribution in [1.82, 2.24) is 9.88 Å². The molecule has 8 heteroatoms. The Bertz CT molecular complexity index is 1290. The molecule has 1 amide bonds. The summed E-state index contributed by atoms with van der Waals surface area (Å²) in [5, 5.41) is 2.95. The van der Waals surface area contributed by atoms with E-state index in [4.69, 9.17) is 9.15 Å². The highest BCUT2D eigenvalue weighted by Crippen LogP contribution is 2.27. The SMILES string of the molecule is CN1CCC(CN(C)c2nc3cc(NC(=O)c4cccc(Oc5ccccc5)c4)ccc3o2)C1.Cl. The molecule has 7 nitrogen and oxygen atoms in total. The van der Waals surface area contributed by atoms with Crippen LogP contribution in [0.4, 0.5) is 11.7 Å². The molecule has 0 bridgehead atoms. The van der Waals surface area contributed by atoms with Crippen LogP contribution < -0.4 is 15.0 Å². The predicted octanol–water partition coefficient (Wildman–Crippen LogP) is 5.68. The van der Waals surface area contributed by atoms with E-state index in [2.05, 4.69) is 27.1 Å². The number of anilines is 2. The summed E-state index contributed by atoms with van der Waals surface area (Å²) in [6.45, 7) is 3.14. The Kier molecular flexibility index (Phi) is 7.58. The van der Waals surface area contributed by atoms with Crippen LogP contribution >= 0.6 is 12.4 Å². The second-order valence-electron chi connectivity index (χ2n) is 8.87. The van der Waals surface area contributed by atoms with Crippen molar-refractivity contribution in [2.24, 2.45) is 5.92 Å². The molecule has 1 N–H and O–H groups in total. The van der Waals surface area contributed by atoms with Gasteiger partial charge < -0.3 is 24.3 Å². The van der Waals surface area contributed by atoms with E-state index in [9.17, 15) is 4.79 Å².